The zero-order chi connectivity index (χ0) is 9.97. The van der Waals surface area contributed by atoms with Gasteiger partial charge in [-0.05, 0) is 47.2 Å². The van der Waals surface area contributed by atoms with Crippen LogP contribution in [0, 0.1) is 16.4 Å². The SMILES string of the molecule is Cc1ccc(OCC2CNC2)c(I)c1. The fourth-order valence-electron chi connectivity index (χ4n) is 1.40. The Hall–Kier alpha value is -0.290. The van der Waals surface area contributed by atoms with Crippen LogP contribution in [-0.4, -0.2) is 19.7 Å². The number of halogens is 1. The van der Waals surface area contributed by atoms with E-state index in [-0.39, 0.29) is 0 Å². The van der Waals surface area contributed by atoms with Gasteiger partial charge in [-0.2, -0.15) is 0 Å². The Labute approximate surface area is 98.2 Å². The molecule has 0 bridgehead atoms. The van der Waals surface area contributed by atoms with Gasteiger partial charge in [0.15, 0.2) is 0 Å². The second-order valence-corrected chi connectivity index (χ2v) is 4.93. The van der Waals surface area contributed by atoms with Gasteiger partial charge in [-0.15, -0.1) is 0 Å². The first-order valence-electron chi connectivity index (χ1n) is 4.85. The Balaban J connectivity index is 1.94. The summed E-state index contributed by atoms with van der Waals surface area (Å²) in [6, 6.07) is 6.30. The first-order chi connectivity index (χ1) is 6.75. The van der Waals surface area contributed by atoms with Crippen molar-refractivity contribution in [2.75, 3.05) is 19.7 Å². The number of benzene rings is 1. The van der Waals surface area contributed by atoms with Crippen LogP contribution >= 0.6 is 22.6 Å². The second-order valence-electron chi connectivity index (χ2n) is 3.77. The predicted octanol–water partition coefficient (Wildman–Crippen LogP) is 2.20. The zero-order valence-electron chi connectivity index (χ0n) is 8.22. The molecular weight excluding hydrogens is 289 g/mol. The van der Waals surface area contributed by atoms with Gasteiger partial charge in [0.2, 0.25) is 0 Å². The van der Waals surface area contributed by atoms with Gasteiger partial charge in [-0.3, -0.25) is 0 Å². The molecule has 1 N–H and O–H groups in total. The molecule has 1 aromatic rings. The van der Waals surface area contributed by atoms with Crippen LogP contribution in [-0.2, 0) is 0 Å². The average molecular weight is 303 g/mol. The van der Waals surface area contributed by atoms with Gasteiger partial charge in [-0.1, -0.05) is 6.07 Å². The van der Waals surface area contributed by atoms with Crippen molar-refractivity contribution < 1.29 is 4.74 Å². The Morgan fingerprint density at radius 3 is 2.86 bits per heavy atom. The van der Waals surface area contributed by atoms with E-state index in [1.54, 1.807) is 0 Å². The van der Waals surface area contributed by atoms with E-state index in [4.69, 9.17) is 4.74 Å². The number of rotatable bonds is 3. The normalized spacial score (nSPS) is 16.4. The Morgan fingerprint density at radius 1 is 1.50 bits per heavy atom. The van der Waals surface area contributed by atoms with Crippen LogP contribution in [0.5, 0.6) is 5.75 Å². The molecule has 1 fully saturated rings. The molecule has 1 aliphatic heterocycles. The van der Waals surface area contributed by atoms with Gasteiger partial charge in [0.25, 0.3) is 0 Å². The lowest BCUT2D eigenvalue weighted by Gasteiger charge is -2.27. The van der Waals surface area contributed by atoms with E-state index in [1.807, 2.05) is 0 Å². The molecule has 1 saturated heterocycles. The number of hydrogen-bond donors (Lipinski definition) is 1. The summed E-state index contributed by atoms with van der Waals surface area (Å²) in [7, 11) is 0. The molecule has 0 aliphatic carbocycles. The minimum Gasteiger partial charge on any atom is -0.492 e. The highest BCUT2D eigenvalue weighted by Gasteiger charge is 2.17. The highest BCUT2D eigenvalue weighted by Crippen LogP contribution is 2.22. The fourth-order valence-corrected chi connectivity index (χ4v) is 2.22. The molecule has 76 valence electrons. The molecule has 1 heterocycles. The van der Waals surface area contributed by atoms with Crippen molar-refractivity contribution in [3.63, 3.8) is 0 Å². The standard InChI is InChI=1S/C11H14INO/c1-8-2-3-11(10(12)4-8)14-7-9-5-13-6-9/h2-4,9,13H,5-7H2,1H3. The zero-order valence-corrected chi connectivity index (χ0v) is 10.4. The van der Waals surface area contributed by atoms with Crippen LogP contribution in [0.2, 0.25) is 0 Å². The van der Waals surface area contributed by atoms with E-state index in [0.717, 1.165) is 25.4 Å². The largest absolute Gasteiger partial charge is 0.492 e. The summed E-state index contributed by atoms with van der Waals surface area (Å²) >= 11 is 2.32. The molecule has 0 unspecified atom stereocenters. The molecule has 1 aliphatic rings. The van der Waals surface area contributed by atoms with Crippen LogP contribution in [0.3, 0.4) is 0 Å². The summed E-state index contributed by atoms with van der Waals surface area (Å²) in [4.78, 5) is 0. The van der Waals surface area contributed by atoms with E-state index in [1.165, 1.54) is 9.13 Å². The van der Waals surface area contributed by atoms with Gasteiger partial charge < -0.3 is 10.1 Å². The average Bonchev–Trinajstić information content (AvgIpc) is 2.05. The molecule has 0 amide bonds. The van der Waals surface area contributed by atoms with Crippen molar-refractivity contribution >= 4 is 22.6 Å². The van der Waals surface area contributed by atoms with E-state index < -0.39 is 0 Å². The molecule has 2 nitrogen and oxygen atoms in total. The first kappa shape index (κ1) is 10.2. The number of hydrogen-bond acceptors (Lipinski definition) is 2. The molecule has 0 atom stereocenters. The van der Waals surface area contributed by atoms with Crippen LogP contribution < -0.4 is 10.1 Å². The third-order valence-corrected chi connectivity index (χ3v) is 3.27. The Kier molecular flexibility index (Phi) is 3.28. The number of aryl methyl sites for hydroxylation is 1. The molecule has 0 spiro atoms. The Morgan fingerprint density at radius 2 is 2.29 bits per heavy atom. The first-order valence-corrected chi connectivity index (χ1v) is 5.93. The minimum absolute atomic E-state index is 0.701. The maximum atomic E-state index is 5.75. The van der Waals surface area contributed by atoms with Crippen molar-refractivity contribution in [3.8, 4) is 5.75 Å². The van der Waals surface area contributed by atoms with Crippen molar-refractivity contribution in [2.45, 2.75) is 6.92 Å². The molecule has 2 rings (SSSR count). The smallest absolute Gasteiger partial charge is 0.132 e. The third-order valence-electron chi connectivity index (χ3n) is 2.43. The van der Waals surface area contributed by atoms with Gasteiger partial charge in [0.05, 0.1) is 10.2 Å². The lowest BCUT2D eigenvalue weighted by Crippen LogP contribution is -2.45. The van der Waals surface area contributed by atoms with Gasteiger partial charge in [0.1, 0.15) is 5.75 Å². The molecular formula is C11H14INO. The summed E-state index contributed by atoms with van der Waals surface area (Å²) in [5.41, 5.74) is 1.28. The fraction of sp³-hybridized carbons (Fsp3) is 0.455. The van der Waals surface area contributed by atoms with Crippen LogP contribution in [0.15, 0.2) is 18.2 Å². The molecule has 0 aromatic heterocycles. The number of nitrogens with one attached hydrogen (secondary N) is 1. The van der Waals surface area contributed by atoms with Gasteiger partial charge in [0, 0.05) is 19.0 Å². The van der Waals surface area contributed by atoms with Crippen LogP contribution in [0.1, 0.15) is 5.56 Å². The van der Waals surface area contributed by atoms with E-state index in [2.05, 4.69) is 53.0 Å². The summed E-state index contributed by atoms with van der Waals surface area (Å²) in [6.07, 6.45) is 0. The highest BCUT2D eigenvalue weighted by atomic mass is 127. The van der Waals surface area contributed by atoms with E-state index >= 15 is 0 Å². The maximum Gasteiger partial charge on any atom is 0.132 e. The quantitative estimate of drug-likeness (QED) is 0.864. The monoisotopic (exact) mass is 303 g/mol. The Bertz CT molecular complexity index is 323. The number of ether oxygens (including phenoxy) is 1. The predicted molar refractivity (Wildman–Crippen MR) is 65.8 cm³/mol. The summed E-state index contributed by atoms with van der Waals surface area (Å²) in [6.45, 7) is 5.14. The lowest BCUT2D eigenvalue weighted by atomic mass is 10.1. The molecule has 14 heavy (non-hydrogen) atoms. The van der Waals surface area contributed by atoms with E-state index in [0.29, 0.717) is 5.92 Å². The van der Waals surface area contributed by atoms with Crippen LogP contribution in [0.25, 0.3) is 0 Å². The van der Waals surface area contributed by atoms with Crippen LogP contribution in [0.4, 0.5) is 0 Å². The third kappa shape index (κ3) is 2.39. The van der Waals surface area contributed by atoms with Gasteiger partial charge >= 0.3 is 0 Å². The van der Waals surface area contributed by atoms with Crippen molar-refractivity contribution in [1.82, 2.24) is 5.32 Å². The second kappa shape index (κ2) is 4.49. The van der Waals surface area contributed by atoms with Crippen molar-refractivity contribution in [1.29, 1.82) is 0 Å². The molecule has 1 aromatic carbocycles. The lowest BCUT2D eigenvalue weighted by molar-refractivity contribution is 0.198. The minimum atomic E-state index is 0.701. The highest BCUT2D eigenvalue weighted by molar-refractivity contribution is 14.1. The summed E-state index contributed by atoms with van der Waals surface area (Å²) < 4.78 is 6.95. The molecule has 0 saturated carbocycles. The van der Waals surface area contributed by atoms with Crippen molar-refractivity contribution in [3.05, 3.63) is 27.3 Å². The van der Waals surface area contributed by atoms with Gasteiger partial charge in [-0.25, -0.2) is 0 Å². The topological polar surface area (TPSA) is 21.3 Å². The summed E-state index contributed by atoms with van der Waals surface area (Å²) in [5.74, 6) is 1.72. The van der Waals surface area contributed by atoms with E-state index in [9.17, 15) is 0 Å². The summed E-state index contributed by atoms with van der Waals surface area (Å²) in [5, 5.41) is 3.24. The molecule has 3 heteroatoms. The van der Waals surface area contributed by atoms with Crippen molar-refractivity contribution in [2.24, 2.45) is 5.92 Å². The maximum absolute atomic E-state index is 5.75. The molecule has 0 radical (unpaired) electrons.